The van der Waals surface area contributed by atoms with Crippen molar-refractivity contribution in [3.05, 3.63) is 30.3 Å². The molecule has 1 aliphatic carbocycles. The first-order valence-corrected chi connectivity index (χ1v) is 7.90. The molecule has 2 fully saturated rings. The molecule has 116 valence electrons. The summed E-state index contributed by atoms with van der Waals surface area (Å²) >= 11 is 0. The lowest BCUT2D eigenvalue weighted by Gasteiger charge is -2.37. The smallest absolute Gasteiger partial charge is 0.243 e. The van der Waals surface area contributed by atoms with Crippen molar-refractivity contribution in [2.24, 2.45) is 0 Å². The fourth-order valence-corrected chi connectivity index (χ4v) is 2.87. The zero-order chi connectivity index (χ0) is 14.9. The van der Waals surface area contributed by atoms with Crippen molar-refractivity contribution in [3.63, 3.8) is 0 Å². The lowest BCUT2D eigenvalue weighted by atomic mass is 10.2. The van der Waals surface area contributed by atoms with E-state index in [2.05, 4.69) is 36.8 Å². The van der Waals surface area contributed by atoms with E-state index in [0.717, 1.165) is 43.7 Å². The highest BCUT2D eigenvalue weighted by molar-refractivity contribution is 5.35. The van der Waals surface area contributed by atoms with Crippen LogP contribution in [0, 0.1) is 0 Å². The van der Waals surface area contributed by atoms with E-state index < -0.39 is 0 Å². The lowest BCUT2D eigenvalue weighted by Crippen LogP contribution is -2.47. The van der Waals surface area contributed by atoms with Gasteiger partial charge in [-0.05, 0) is 19.8 Å². The molecule has 0 aromatic carbocycles. The zero-order valence-electron chi connectivity index (χ0n) is 12.7. The number of hydrogen-bond acceptors (Lipinski definition) is 7. The summed E-state index contributed by atoms with van der Waals surface area (Å²) in [5.74, 6) is 3.12. The van der Waals surface area contributed by atoms with Crippen LogP contribution in [0.5, 0.6) is 0 Å². The summed E-state index contributed by atoms with van der Waals surface area (Å²) in [6, 6.07) is 0.170. The molecule has 22 heavy (non-hydrogen) atoms. The molecule has 0 spiro atoms. The van der Waals surface area contributed by atoms with Gasteiger partial charge in [0.05, 0.1) is 12.2 Å². The van der Waals surface area contributed by atoms with E-state index in [4.69, 9.17) is 4.52 Å². The van der Waals surface area contributed by atoms with Gasteiger partial charge in [-0.25, -0.2) is 4.98 Å². The summed E-state index contributed by atoms with van der Waals surface area (Å²) in [7, 11) is 0. The van der Waals surface area contributed by atoms with Crippen LogP contribution >= 0.6 is 0 Å². The predicted octanol–water partition coefficient (Wildman–Crippen LogP) is 1.62. The van der Waals surface area contributed by atoms with Gasteiger partial charge in [0.25, 0.3) is 0 Å². The van der Waals surface area contributed by atoms with Gasteiger partial charge < -0.3 is 9.42 Å². The first-order chi connectivity index (χ1) is 10.8. The quantitative estimate of drug-likeness (QED) is 0.849. The fourth-order valence-electron chi connectivity index (χ4n) is 2.87. The van der Waals surface area contributed by atoms with Crippen LogP contribution in [0.2, 0.25) is 0 Å². The fraction of sp³-hybridized carbons (Fsp3) is 0.600. The first-order valence-electron chi connectivity index (χ1n) is 7.90. The highest BCUT2D eigenvalue weighted by atomic mass is 16.5. The average molecular weight is 300 g/mol. The molecule has 2 aromatic rings. The molecule has 4 rings (SSSR count). The van der Waals surface area contributed by atoms with Crippen LogP contribution in [-0.2, 0) is 0 Å². The SMILES string of the molecule is C[C@@H](c1nc(C2CC2)no1)N1CCN(c2cnccn2)CC1. The van der Waals surface area contributed by atoms with Gasteiger partial charge in [-0.1, -0.05) is 5.16 Å². The largest absolute Gasteiger partial charge is 0.353 e. The minimum Gasteiger partial charge on any atom is -0.353 e. The molecule has 1 atom stereocenters. The molecule has 0 radical (unpaired) electrons. The Hall–Kier alpha value is -2.02. The number of piperazine rings is 1. The standard InChI is InChI=1S/C15H20N6O/c1-11(15-18-14(19-22-15)12-2-3-12)20-6-8-21(9-7-20)13-10-16-4-5-17-13/h4-5,10-12H,2-3,6-9H2,1H3/t11-/m0/s1. The van der Waals surface area contributed by atoms with Crippen molar-refractivity contribution in [1.82, 2.24) is 25.0 Å². The van der Waals surface area contributed by atoms with Crippen LogP contribution in [0.4, 0.5) is 5.82 Å². The minimum absolute atomic E-state index is 0.170. The number of anilines is 1. The molecule has 0 N–H and O–H groups in total. The van der Waals surface area contributed by atoms with Crippen molar-refractivity contribution < 1.29 is 4.52 Å². The molecule has 1 saturated heterocycles. The third-order valence-electron chi connectivity index (χ3n) is 4.49. The molecule has 0 unspecified atom stereocenters. The lowest BCUT2D eigenvalue weighted by molar-refractivity contribution is 0.164. The third-order valence-corrected chi connectivity index (χ3v) is 4.49. The molecule has 1 aliphatic heterocycles. The van der Waals surface area contributed by atoms with Crippen LogP contribution in [0.3, 0.4) is 0 Å². The maximum Gasteiger partial charge on any atom is 0.243 e. The van der Waals surface area contributed by atoms with Crippen molar-refractivity contribution in [2.45, 2.75) is 31.7 Å². The minimum atomic E-state index is 0.170. The number of rotatable bonds is 4. The molecule has 0 bridgehead atoms. The Morgan fingerprint density at radius 3 is 2.68 bits per heavy atom. The third kappa shape index (κ3) is 2.68. The zero-order valence-corrected chi connectivity index (χ0v) is 12.7. The van der Waals surface area contributed by atoms with Gasteiger partial charge in [-0.3, -0.25) is 9.88 Å². The van der Waals surface area contributed by atoms with E-state index in [1.807, 2.05) is 6.20 Å². The van der Waals surface area contributed by atoms with Gasteiger partial charge in [-0.2, -0.15) is 4.98 Å². The second-order valence-electron chi connectivity index (χ2n) is 6.03. The second-order valence-corrected chi connectivity index (χ2v) is 6.03. The van der Waals surface area contributed by atoms with E-state index in [-0.39, 0.29) is 6.04 Å². The molecular formula is C15H20N6O. The number of aromatic nitrogens is 4. The van der Waals surface area contributed by atoms with Gasteiger partial charge in [0, 0.05) is 44.5 Å². The molecule has 2 aromatic heterocycles. The molecule has 1 saturated carbocycles. The van der Waals surface area contributed by atoms with E-state index in [1.54, 1.807) is 12.4 Å². The van der Waals surface area contributed by atoms with Crippen LogP contribution in [0.25, 0.3) is 0 Å². The highest BCUT2D eigenvalue weighted by Gasteiger charge is 2.31. The summed E-state index contributed by atoms with van der Waals surface area (Å²) in [5.41, 5.74) is 0. The highest BCUT2D eigenvalue weighted by Crippen LogP contribution is 2.38. The van der Waals surface area contributed by atoms with Crippen molar-refractivity contribution in [2.75, 3.05) is 31.1 Å². The van der Waals surface area contributed by atoms with Crippen molar-refractivity contribution >= 4 is 5.82 Å². The summed E-state index contributed by atoms with van der Waals surface area (Å²) in [5, 5.41) is 4.12. The summed E-state index contributed by atoms with van der Waals surface area (Å²) < 4.78 is 5.45. The molecule has 3 heterocycles. The van der Waals surface area contributed by atoms with Crippen molar-refractivity contribution in [1.29, 1.82) is 0 Å². The molecule has 2 aliphatic rings. The van der Waals surface area contributed by atoms with Crippen LogP contribution < -0.4 is 4.90 Å². The molecule has 7 heteroatoms. The van der Waals surface area contributed by atoms with Gasteiger partial charge in [0.1, 0.15) is 5.82 Å². The Labute approximate surface area is 129 Å². The van der Waals surface area contributed by atoms with E-state index in [0.29, 0.717) is 5.92 Å². The first kappa shape index (κ1) is 13.6. The Kier molecular flexibility index (Phi) is 3.49. The normalized spacial score (nSPS) is 21.0. The number of nitrogens with zero attached hydrogens (tertiary/aromatic N) is 6. The summed E-state index contributed by atoms with van der Waals surface area (Å²) in [4.78, 5) is 17.7. The second kappa shape index (κ2) is 5.64. The van der Waals surface area contributed by atoms with Crippen LogP contribution in [-0.4, -0.2) is 51.2 Å². The topological polar surface area (TPSA) is 71.2 Å². The molecular weight excluding hydrogens is 280 g/mol. The monoisotopic (exact) mass is 300 g/mol. The maximum atomic E-state index is 5.45. The summed E-state index contributed by atoms with van der Waals surface area (Å²) in [6.45, 7) is 5.93. The summed E-state index contributed by atoms with van der Waals surface area (Å²) in [6.07, 6.45) is 7.66. The Morgan fingerprint density at radius 2 is 2.00 bits per heavy atom. The Balaban J connectivity index is 1.38. The van der Waals surface area contributed by atoms with E-state index in [9.17, 15) is 0 Å². The average Bonchev–Trinajstić information content (AvgIpc) is 3.32. The number of hydrogen-bond donors (Lipinski definition) is 0. The maximum absolute atomic E-state index is 5.45. The Morgan fingerprint density at radius 1 is 1.18 bits per heavy atom. The van der Waals surface area contributed by atoms with Gasteiger partial charge in [0.2, 0.25) is 5.89 Å². The van der Waals surface area contributed by atoms with Crippen molar-refractivity contribution in [3.8, 4) is 0 Å². The Bertz CT molecular complexity index is 618. The van der Waals surface area contributed by atoms with Crippen LogP contribution in [0.1, 0.15) is 43.4 Å². The molecule has 7 nitrogen and oxygen atoms in total. The van der Waals surface area contributed by atoms with Crippen LogP contribution in [0.15, 0.2) is 23.1 Å². The van der Waals surface area contributed by atoms with E-state index >= 15 is 0 Å². The molecule has 0 amide bonds. The predicted molar refractivity (Wildman–Crippen MR) is 80.5 cm³/mol. The van der Waals surface area contributed by atoms with Gasteiger partial charge in [0.15, 0.2) is 5.82 Å². The van der Waals surface area contributed by atoms with Gasteiger partial charge in [-0.15, -0.1) is 0 Å². The van der Waals surface area contributed by atoms with Gasteiger partial charge >= 0.3 is 0 Å². The van der Waals surface area contributed by atoms with E-state index in [1.165, 1.54) is 12.8 Å².